The van der Waals surface area contributed by atoms with Gasteiger partial charge in [-0.1, -0.05) is 5.16 Å². The van der Waals surface area contributed by atoms with Gasteiger partial charge >= 0.3 is 17.9 Å². The average Bonchev–Trinajstić information content (AvgIpc) is 3.36. The lowest BCUT2D eigenvalue weighted by atomic mass is 9.88. The van der Waals surface area contributed by atoms with E-state index < -0.39 is 94.0 Å². The number of nitrogens with zero attached hydrogens (tertiary/aromatic N) is 5. The van der Waals surface area contributed by atoms with Gasteiger partial charge in [0.15, 0.2) is 33.9 Å². The number of carboxylic acids is 3. The second-order valence-electron chi connectivity index (χ2n) is 13.6. The van der Waals surface area contributed by atoms with Crippen LogP contribution in [0.2, 0.25) is 0 Å². The first-order valence-corrected chi connectivity index (χ1v) is 18.6. The maximum absolute atomic E-state index is 14.2. The fourth-order valence-corrected chi connectivity index (χ4v) is 9.49. The van der Waals surface area contributed by atoms with Crippen LogP contribution in [0.4, 0.5) is 9.52 Å². The van der Waals surface area contributed by atoms with Crippen molar-refractivity contribution in [1.82, 2.24) is 14.8 Å². The molecule has 2 aromatic rings. The third-order valence-electron chi connectivity index (χ3n) is 10.3. The van der Waals surface area contributed by atoms with Gasteiger partial charge in [-0.3, -0.25) is 24.1 Å². The van der Waals surface area contributed by atoms with E-state index in [1.807, 2.05) is 6.92 Å². The molecule has 5 aliphatic heterocycles. The Bertz CT molecular complexity index is 1970. The number of hydrogen-bond donors (Lipinski definition) is 6. The van der Waals surface area contributed by atoms with Gasteiger partial charge in [-0.15, -0.1) is 23.1 Å². The van der Waals surface area contributed by atoms with Crippen LogP contribution in [0, 0.1) is 11.7 Å². The first-order chi connectivity index (χ1) is 25.5. The van der Waals surface area contributed by atoms with Crippen molar-refractivity contribution in [3.63, 3.8) is 0 Å². The molecule has 4 atom stereocenters. The van der Waals surface area contributed by atoms with Crippen molar-refractivity contribution in [2.75, 3.05) is 38.5 Å². The van der Waals surface area contributed by atoms with E-state index in [4.69, 9.17) is 15.7 Å². The number of carbonyl (C=O) groups excluding carboxylic acids is 3. The monoisotopic (exact) mass is 791 g/mol. The van der Waals surface area contributed by atoms with E-state index in [9.17, 15) is 53.6 Å². The highest BCUT2D eigenvalue weighted by Gasteiger charge is 2.57. The summed E-state index contributed by atoms with van der Waals surface area (Å²) in [5, 5.41) is 52.3. The maximum Gasteiger partial charge on any atom is 0.352 e. The number of aromatic nitrogens is 1. The van der Waals surface area contributed by atoms with Gasteiger partial charge in [-0.05, 0) is 19.1 Å². The first kappa shape index (κ1) is 38.4. The number of aromatic hydroxyl groups is 2. The molecule has 2 bridgehead atoms. The number of quaternary nitrogens is 1. The molecule has 4 saturated heterocycles. The molecule has 1 aromatic carbocycles. The average molecular weight is 792 g/mol. The Labute approximate surface area is 313 Å². The largest absolute Gasteiger partial charge is 0.504 e. The number of fused-ring (bicyclic) bond motifs is 5. The zero-order chi connectivity index (χ0) is 39.2. The number of anilines is 1. The van der Waals surface area contributed by atoms with E-state index in [0.717, 1.165) is 23.5 Å². The van der Waals surface area contributed by atoms with Gasteiger partial charge in [-0.2, -0.15) is 0 Å². The highest BCUT2D eigenvalue weighted by molar-refractivity contribution is 8.00. The molecular weight excluding hydrogens is 756 g/mol. The minimum absolute atomic E-state index is 0.0458. The van der Waals surface area contributed by atoms with Crippen molar-refractivity contribution in [3.8, 4) is 11.5 Å². The van der Waals surface area contributed by atoms with Gasteiger partial charge in [0.25, 0.3) is 5.91 Å². The molecule has 1 aromatic heterocycles. The van der Waals surface area contributed by atoms with Crippen LogP contribution < -0.4 is 5.73 Å². The maximum atomic E-state index is 14.2. The van der Waals surface area contributed by atoms with Gasteiger partial charge in [0.1, 0.15) is 17.9 Å². The number of Topliss-reactive ketones (excluding diaryl/α,β-unsaturated/α-hetero) is 1. The molecule has 288 valence electrons. The molecule has 18 nitrogen and oxygen atoms in total. The topological polar surface area (TPSA) is 271 Å². The Hall–Kier alpha value is -5.28. The van der Waals surface area contributed by atoms with Crippen LogP contribution in [-0.2, 0) is 28.8 Å². The molecule has 54 heavy (non-hydrogen) atoms. The van der Waals surface area contributed by atoms with Crippen molar-refractivity contribution < 1.29 is 68.0 Å². The van der Waals surface area contributed by atoms with Crippen molar-refractivity contribution in [1.29, 1.82) is 0 Å². The summed E-state index contributed by atoms with van der Waals surface area (Å²) >= 11 is 2.26. The minimum Gasteiger partial charge on any atom is -0.504 e. The van der Waals surface area contributed by atoms with Crippen LogP contribution in [0.15, 0.2) is 33.9 Å². The Morgan fingerprint density at radius 2 is 1.83 bits per heavy atom. The number of hydrogen-bond acceptors (Lipinski definition) is 14. The number of β-lactam (4-membered cyclic amide) rings is 1. The number of halogens is 1. The highest BCUT2D eigenvalue weighted by atomic mass is 32.2. The molecule has 0 radical (unpaired) electrons. The fraction of sp³-hybridized carbons (Fsp3) is 0.455. The molecule has 6 heterocycles. The summed E-state index contributed by atoms with van der Waals surface area (Å²) in [7, 11) is 0. The fourth-order valence-electron chi connectivity index (χ4n) is 7.44. The molecule has 7 N–H and O–H groups in total. The lowest BCUT2D eigenvalue weighted by Crippen LogP contribution is -2.64. The van der Waals surface area contributed by atoms with Crippen LogP contribution in [0.25, 0.3) is 0 Å². The van der Waals surface area contributed by atoms with Crippen LogP contribution in [0.3, 0.4) is 0 Å². The number of carboxylic acid groups (broad SMARTS) is 3. The zero-order valence-corrected chi connectivity index (χ0v) is 30.2. The molecule has 4 fully saturated rings. The molecule has 0 saturated carbocycles. The second-order valence-corrected chi connectivity index (χ2v) is 15.9. The summed E-state index contributed by atoms with van der Waals surface area (Å²) in [6, 6.07) is 1.71. The van der Waals surface area contributed by atoms with E-state index in [1.54, 1.807) is 4.90 Å². The van der Waals surface area contributed by atoms with Crippen molar-refractivity contribution in [2.45, 2.75) is 55.4 Å². The summed E-state index contributed by atoms with van der Waals surface area (Å²) in [6.07, 6.45) is -2.20. The number of piperidine rings is 1. The van der Waals surface area contributed by atoms with E-state index in [2.05, 4.69) is 10.1 Å². The molecule has 5 aliphatic rings. The number of benzene rings is 1. The van der Waals surface area contributed by atoms with Gasteiger partial charge in [0.2, 0.25) is 12.0 Å². The van der Waals surface area contributed by atoms with Gasteiger partial charge in [-0.25, -0.2) is 19.0 Å². The third kappa shape index (κ3) is 7.29. The standard InChI is InChI=1S/C33H35FN6O12S2/c1-14-18(12-40-5-2-16(3-6-40)38(4-7-40)28(46)15-8-19(34)27(45)22(42)9-15)26(32(50)51)39-29(47)17(30(39)54-14)10-21(41)25(20-13-53-33(35)36-20)37-52-23(31(48)49)11-24(43)44/h8-9,13-14,16-17,23,30H,2-7,10-12H2,1H3,(H6-,35,36,37,41,42,43,44,45,46,48,49,50,51)/p+1/t14-,16?,17+,23-,30+,40?/m0/s1. The van der Waals surface area contributed by atoms with Crippen molar-refractivity contribution >= 4 is 69.4 Å². The Morgan fingerprint density at radius 3 is 2.43 bits per heavy atom. The lowest BCUT2D eigenvalue weighted by Gasteiger charge is -2.52. The Balaban J connectivity index is 1.20. The van der Waals surface area contributed by atoms with Gasteiger partial charge < -0.3 is 45.5 Å². The molecular formula is C33H36FN6O12S2+. The summed E-state index contributed by atoms with van der Waals surface area (Å²) in [6.45, 7) is 4.01. The van der Waals surface area contributed by atoms with E-state index >= 15 is 0 Å². The van der Waals surface area contributed by atoms with Crippen molar-refractivity contribution in [2.24, 2.45) is 11.1 Å². The molecule has 7 rings (SSSR count). The Morgan fingerprint density at radius 1 is 1.13 bits per heavy atom. The quantitative estimate of drug-likeness (QED) is 0.0548. The van der Waals surface area contributed by atoms with Crippen molar-refractivity contribution in [3.05, 3.63) is 45.9 Å². The number of oxime groups is 1. The summed E-state index contributed by atoms with van der Waals surface area (Å²) in [4.78, 5) is 87.9. The first-order valence-electron chi connectivity index (χ1n) is 16.8. The molecule has 0 unspecified atom stereocenters. The van der Waals surface area contributed by atoms with Crippen LogP contribution in [0.1, 0.15) is 48.7 Å². The highest BCUT2D eigenvalue weighted by Crippen LogP contribution is 2.49. The van der Waals surface area contributed by atoms with E-state index in [0.29, 0.717) is 42.5 Å². The SMILES string of the molecule is C[C@@H]1S[C@@H]2[C@H](CC(=O)/C(=N\O[C@@H](CC(=O)O)C(=O)O)c3csc(N)n3)C(=O)N2C(C(=O)O)=C1C[N+]12CCC(CC1)N(C(=O)c1cc(O)c(O)c(F)c1)CC2. The third-order valence-corrected chi connectivity index (χ3v) is 12.4. The summed E-state index contributed by atoms with van der Waals surface area (Å²) in [5.41, 5.74) is 5.41. The predicted octanol–water partition coefficient (Wildman–Crippen LogP) is 1.28. The minimum atomic E-state index is -1.93. The lowest BCUT2D eigenvalue weighted by molar-refractivity contribution is -0.925. The summed E-state index contributed by atoms with van der Waals surface area (Å²) < 4.78 is 14.6. The normalized spacial score (nSPS) is 25.7. The number of amides is 2. The van der Waals surface area contributed by atoms with Gasteiger partial charge in [0, 0.05) is 47.1 Å². The molecule has 21 heteroatoms. The number of carbonyl (C=O) groups is 6. The van der Waals surface area contributed by atoms with Crippen LogP contribution in [-0.4, -0.2) is 142 Å². The number of nitrogens with two attached hydrogens (primary N) is 1. The Kier molecular flexibility index (Phi) is 10.6. The second kappa shape index (κ2) is 14.9. The van der Waals surface area contributed by atoms with E-state index in [1.165, 1.54) is 22.0 Å². The predicted molar refractivity (Wildman–Crippen MR) is 187 cm³/mol. The smallest absolute Gasteiger partial charge is 0.352 e. The van der Waals surface area contributed by atoms with Gasteiger partial charge in [0.05, 0.1) is 43.9 Å². The summed E-state index contributed by atoms with van der Waals surface area (Å²) in [5.74, 6) is -10.2. The number of thiazole rings is 1. The number of rotatable bonds is 13. The number of thioether (sulfide) groups is 1. The van der Waals surface area contributed by atoms with E-state index in [-0.39, 0.29) is 41.2 Å². The zero-order valence-electron chi connectivity index (χ0n) is 28.6. The van der Waals surface area contributed by atoms with Crippen LogP contribution >= 0.6 is 23.1 Å². The molecule has 0 spiro atoms. The number of ketones is 1. The van der Waals surface area contributed by atoms with Crippen LogP contribution in [0.5, 0.6) is 11.5 Å². The number of phenols is 2. The molecule has 2 amide bonds. The number of phenolic OH excluding ortho intramolecular Hbond substituents is 2. The number of nitrogen functional groups attached to an aromatic ring is 1. The molecule has 0 aliphatic carbocycles. The number of aliphatic carboxylic acids is 3.